The first-order valence-corrected chi connectivity index (χ1v) is 6.11. The van der Waals surface area contributed by atoms with Gasteiger partial charge in [0.05, 0.1) is 24.1 Å². The van der Waals surface area contributed by atoms with E-state index in [9.17, 15) is 4.79 Å². The van der Waals surface area contributed by atoms with Crippen molar-refractivity contribution in [1.29, 1.82) is 0 Å². The molecule has 19 heavy (non-hydrogen) atoms. The fourth-order valence-corrected chi connectivity index (χ4v) is 2.03. The molecule has 0 saturated carbocycles. The molecular weight excluding hydrogens is 246 g/mol. The molecule has 100 valence electrons. The highest BCUT2D eigenvalue weighted by molar-refractivity contribution is 5.81. The number of H-pyrrole nitrogens is 1. The molecule has 1 aromatic heterocycles. The van der Waals surface area contributed by atoms with E-state index >= 15 is 0 Å². The average Bonchev–Trinajstić information content (AvgIpc) is 2.41. The fraction of sp³-hybridized carbons (Fsp3) is 0.333. The van der Waals surface area contributed by atoms with Crippen molar-refractivity contribution in [3.05, 3.63) is 28.6 Å². The summed E-state index contributed by atoms with van der Waals surface area (Å²) in [6, 6.07) is 5.09. The van der Waals surface area contributed by atoms with Gasteiger partial charge in [-0.15, -0.1) is 0 Å². The zero-order chi connectivity index (χ0) is 13.2. The third-order valence-corrected chi connectivity index (χ3v) is 3.00. The van der Waals surface area contributed by atoms with Crippen LogP contribution in [0.2, 0.25) is 0 Å². The van der Waals surface area contributed by atoms with E-state index in [1.54, 1.807) is 18.2 Å². The molecule has 7 nitrogen and oxygen atoms in total. The van der Waals surface area contributed by atoms with Gasteiger partial charge in [0.2, 0.25) is 5.95 Å². The Kier molecular flexibility index (Phi) is 3.06. The normalized spacial score (nSPS) is 16.6. The number of nitrogens with one attached hydrogen (secondary N) is 2. The summed E-state index contributed by atoms with van der Waals surface area (Å²) in [5.74, 6) is 0.434. The number of nitrogen functional groups attached to an aromatic ring is 1. The second-order valence-electron chi connectivity index (χ2n) is 4.40. The minimum Gasteiger partial charge on any atom is -0.399 e. The molecule has 0 atom stereocenters. The van der Waals surface area contributed by atoms with Gasteiger partial charge in [-0.05, 0) is 18.2 Å². The van der Waals surface area contributed by atoms with E-state index in [2.05, 4.69) is 15.4 Å². The second-order valence-corrected chi connectivity index (χ2v) is 4.40. The molecule has 1 saturated heterocycles. The highest BCUT2D eigenvalue weighted by Gasteiger charge is 2.12. The molecule has 7 heteroatoms. The number of aromatic amines is 1. The Bertz CT molecular complexity index is 648. The van der Waals surface area contributed by atoms with Crippen LogP contribution in [0.5, 0.6) is 0 Å². The van der Waals surface area contributed by atoms with Gasteiger partial charge in [0, 0.05) is 18.8 Å². The lowest BCUT2D eigenvalue weighted by molar-refractivity contribution is 0.0493. The first-order valence-electron chi connectivity index (χ1n) is 6.11. The number of fused-ring (bicyclic) bond motifs is 1. The van der Waals surface area contributed by atoms with E-state index in [0.717, 1.165) is 13.1 Å². The van der Waals surface area contributed by atoms with Crippen LogP contribution < -0.4 is 16.7 Å². The SMILES string of the molecule is Nc1ccc2nc(NN3CCOCC3)[nH]c(=O)c2c1. The minimum absolute atomic E-state index is 0.201. The molecule has 0 aliphatic carbocycles. The molecule has 2 aromatic rings. The van der Waals surface area contributed by atoms with Crippen molar-refractivity contribution in [1.82, 2.24) is 15.0 Å². The summed E-state index contributed by atoms with van der Waals surface area (Å²) in [5, 5.41) is 2.46. The van der Waals surface area contributed by atoms with Crippen molar-refractivity contribution in [3.8, 4) is 0 Å². The average molecular weight is 261 g/mol. The van der Waals surface area contributed by atoms with E-state index in [4.69, 9.17) is 10.5 Å². The van der Waals surface area contributed by atoms with Crippen LogP contribution in [0.4, 0.5) is 11.6 Å². The van der Waals surface area contributed by atoms with Crippen LogP contribution in [0.1, 0.15) is 0 Å². The zero-order valence-corrected chi connectivity index (χ0v) is 10.3. The molecule has 0 amide bonds. The summed E-state index contributed by atoms with van der Waals surface area (Å²) in [7, 11) is 0. The van der Waals surface area contributed by atoms with Crippen molar-refractivity contribution >= 4 is 22.5 Å². The zero-order valence-electron chi connectivity index (χ0n) is 10.3. The van der Waals surface area contributed by atoms with Gasteiger partial charge in [-0.3, -0.25) is 15.2 Å². The van der Waals surface area contributed by atoms with E-state index in [0.29, 0.717) is 35.8 Å². The van der Waals surface area contributed by atoms with E-state index in [1.807, 2.05) is 5.01 Å². The predicted molar refractivity (Wildman–Crippen MR) is 72.8 cm³/mol. The molecule has 2 heterocycles. The van der Waals surface area contributed by atoms with Gasteiger partial charge in [-0.25, -0.2) is 9.99 Å². The molecule has 0 radical (unpaired) electrons. The standard InChI is InChI=1S/C12H15N5O2/c13-8-1-2-10-9(7-8)11(18)15-12(14-10)16-17-3-5-19-6-4-17/h1-2,7H,3-6,13H2,(H2,14,15,16,18). The van der Waals surface area contributed by atoms with Crippen molar-refractivity contribution in [2.75, 3.05) is 37.5 Å². The molecule has 1 fully saturated rings. The number of benzene rings is 1. The lowest BCUT2D eigenvalue weighted by Gasteiger charge is -2.27. The van der Waals surface area contributed by atoms with Crippen LogP contribution in [0.15, 0.2) is 23.0 Å². The predicted octanol–water partition coefficient (Wildman–Crippen LogP) is 0.164. The van der Waals surface area contributed by atoms with Crippen molar-refractivity contribution in [3.63, 3.8) is 0 Å². The number of morpholine rings is 1. The monoisotopic (exact) mass is 261 g/mol. The Balaban J connectivity index is 1.92. The second kappa shape index (κ2) is 4.87. The number of hydrogen-bond donors (Lipinski definition) is 3. The molecule has 4 N–H and O–H groups in total. The van der Waals surface area contributed by atoms with Gasteiger partial charge >= 0.3 is 0 Å². The Morgan fingerprint density at radius 2 is 2.16 bits per heavy atom. The molecule has 3 rings (SSSR count). The fourth-order valence-electron chi connectivity index (χ4n) is 2.03. The van der Waals surface area contributed by atoms with Gasteiger partial charge in [0.1, 0.15) is 0 Å². The summed E-state index contributed by atoms with van der Waals surface area (Å²) in [4.78, 5) is 19.0. The largest absolute Gasteiger partial charge is 0.399 e. The Hall–Kier alpha value is -2.12. The maximum absolute atomic E-state index is 12.0. The quantitative estimate of drug-likeness (QED) is 0.667. The van der Waals surface area contributed by atoms with Crippen LogP contribution in [-0.4, -0.2) is 41.3 Å². The number of rotatable bonds is 2. The lowest BCUT2D eigenvalue weighted by Crippen LogP contribution is -2.41. The van der Waals surface area contributed by atoms with Gasteiger partial charge < -0.3 is 10.5 Å². The van der Waals surface area contributed by atoms with Crippen LogP contribution in [0.25, 0.3) is 10.9 Å². The van der Waals surface area contributed by atoms with E-state index in [1.165, 1.54) is 0 Å². The third kappa shape index (κ3) is 2.51. The van der Waals surface area contributed by atoms with Crippen LogP contribution in [0, 0.1) is 0 Å². The van der Waals surface area contributed by atoms with Crippen LogP contribution in [-0.2, 0) is 4.74 Å². The third-order valence-electron chi connectivity index (χ3n) is 3.00. The minimum atomic E-state index is -0.201. The molecule has 1 aliphatic rings. The first kappa shape index (κ1) is 11.9. The van der Waals surface area contributed by atoms with Crippen LogP contribution >= 0.6 is 0 Å². The summed E-state index contributed by atoms with van der Waals surface area (Å²) in [5.41, 5.74) is 9.71. The Labute approximate surface area is 109 Å². The molecule has 0 spiro atoms. The number of nitrogens with zero attached hydrogens (tertiary/aromatic N) is 2. The highest BCUT2D eigenvalue weighted by Crippen LogP contribution is 2.13. The maximum Gasteiger partial charge on any atom is 0.260 e. The molecule has 0 bridgehead atoms. The highest BCUT2D eigenvalue weighted by atomic mass is 16.5. The summed E-state index contributed by atoms with van der Waals surface area (Å²) in [6.07, 6.45) is 0. The van der Waals surface area contributed by atoms with E-state index < -0.39 is 0 Å². The molecular formula is C12H15N5O2. The van der Waals surface area contributed by atoms with Gasteiger partial charge in [0.15, 0.2) is 0 Å². The van der Waals surface area contributed by atoms with Gasteiger partial charge in [-0.2, -0.15) is 0 Å². The topological polar surface area (TPSA) is 96.3 Å². The number of ether oxygens (including phenoxy) is 1. The molecule has 1 aromatic carbocycles. The number of hydrazine groups is 1. The summed E-state index contributed by atoms with van der Waals surface area (Å²) in [6.45, 7) is 2.84. The van der Waals surface area contributed by atoms with Crippen LogP contribution in [0.3, 0.4) is 0 Å². The van der Waals surface area contributed by atoms with Gasteiger partial charge in [-0.1, -0.05) is 0 Å². The molecule has 0 unspecified atom stereocenters. The maximum atomic E-state index is 12.0. The number of hydrogen-bond acceptors (Lipinski definition) is 6. The molecule has 1 aliphatic heterocycles. The number of aromatic nitrogens is 2. The van der Waals surface area contributed by atoms with Crippen molar-refractivity contribution in [2.24, 2.45) is 0 Å². The first-order chi connectivity index (χ1) is 9.22. The summed E-state index contributed by atoms with van der Waals surface area (Å²) >= 11 is 0. The summed E-state index contributed by atoms with van der Waals surface area (Å²) < 4.78 is 5.26. The Morgan fingerprint density at radius 3 is 2.95 bits per heavy atom. The number of nitrogens with two attached hydrogens (primary N) is 1. The van der Waals surface area contributed by atoms with Crippen molar-refractivity contribution in [2.45, 2.75) is 0 Å². The Morgan fingerprint density at radius 1 is 1.37 bits per heavy atom. The van der Waals surface area contributed by atoms with E-state index in [-0.39, 0.29) is 5.56 Å². The number of anilines is 2. The smallest absolute Gasteiger partial charge is 0.260 e. The van der Waals surface area contributed by atoms with Gasteiger partial charge in [0.25, 0.3) is 5.56 Å². The lowest BCUT2D eigenvalue weighted by atomic mass is 10.2. The van der Waals surface area contributed by atoms with Crippen molar-refractivity contribution < 1.29 is 4.74 Å².